The van der Waals surface area contributed by atoms with Crippen LogP contribution in [0.15, 0.2) is 36.9 Å². The van der Waals surface area contributed by atoms with Crippen LogP contribution in [0, 0.1) is 13.8 Å². The molecule has 0 unspecified atom stereocenters. The van der Waals surface area contributed by atoms with Gasteiger partial charge in [-0.3, -0.25) is 0 Å². The first-order valence-electron chi connectivity index (χ1n) is 6.32. The van der Waals surface area contributed by atoms with Crippen LogP contribution in [0.25, 0.3) is 0 Å². The van der Waals surface area contributed by atoms with Gasteiger partial charge in [0.05, 0.1) is 0 Å². The van der Waals surface area contributed by atoms with Crippen molar-refractivity contribution >= 4 is 28.9 Å². The van der Waals surface area contributed by atoms with Crippen LogP contribution in [0.3, 0.4) is 0 Å². The van der Waals surface area contributed by atoms with Crippen LogP contribution in [-0.2, 0) is 0 Å². The number of anilines is 3. The van der Waals surface area contributed by atoms with Crippen molar-refractivity contribution in [3.8, 4) is 0 Å². The molecule has 0 bridgehead atoms. The average Bonchev–Trinajstić information content (AvgIpc) is 2.41. The normalized spacial score (nSPS) is 10.2. The fraction of sp³-hybridized carbons (Fsp3) is 0.200. The molecule has 0 saturated carbocycles. The summed E-state index contributed by atoms with van der Waals surface area (Å²) in [7, 11) is 0. The van der Waals surface area contributed by atoms with Crippen LogP contribution >= 0.6 is 11.6 Å². The van der Waals surface area contributed by atoms with E-state index in [2.05, 4.69) is 27.2 Å². The molecule has 104 valence electrons. The quantitative estimate of drug-likeness (QED) is 0.814. The van der Waals surface area contributed by atoms with E-state index in [1.807, 2.05) is 38.1 Å². The van der Waals surface area contributed by atoms with Crippen molar-refractivity contribution in [2.24, 2.45) is 0 Å². The van der Waals surface area contributed by atoms with Crippen LogP contribution in [0.1, 0.15) is 11.4 Å². The second-order valence-electron chi connectivity index (χ2n) is 4.39. The zero-order chi connectivity index (χ0) is 14.5. The third kappa shape index (κ3) is 3.48. The van der Waals surface area contributed by atoms with Crippen molar-refractivity contribution in [2.45, 2.75) is 13.8 Å². The molecule has 0 atom stereocenters. The lowest BCUT2D eigenvalue weighted by Crippen LogP contribution is -2.05. The predicted octanol–water partition coefficient (Wildman–Crippen LogP) is 4.09. The van der Waals surface area contributed by atoms with Crippen molar-refractivity contribution < 1.29 is 0 Å². The maximum atomic E-state index is 6.11. The van der Waals surface area contributed by atoms with Gasteiger partial charge in [0.2, 0.25) is 0 Å². The van der Waals surface area contributed by atoms with Gasteiger partial charge in [-0.15, -0.1) is 6.58 Å². The van der Waals surface area contributed by atoms with Crippen LogP contribution in [0.4, 0.5) is 17.3 Å². The topological polar surface area (TPSA) is 49.8 Å². The lowest BCUT2D eigenvalue weighted by Gasteiger charge is -2.12. The molecule has 1 aromatic heterocycles. The van der Waals surface area contributed by atoms with E-state index < -0.39 is 0 Å². The maximum absolute atomic E-state index is 6.11. The van der Waals surface area contributed by atoms with E-state index in [0.29, 0.717) is 12.4 Å². The molecule has 1 aromatic carbocycles. The Balaban J connectivity index is 2.26. The number of benzene rings is 1. The molecular weight excluding hydrogens is 272 g/mol. The number of nitrogens with one attached hydrogen (secondary N) is 2. The number of aromatic nitrogens is 2. The van der Waals surface area contributed by atoms with Crippen LogP contribution in [-0.4, -0.2) is 16.5 Å². The Morgan fingerprint density at radius 1 is 1.25 bits per heavy atom. The van der Waals surface area contributed by atoms with E-state index in [4.69, 9.17) is 11.6 Å². The molecule has 0 aliphatic rings. The molecule has 0 spiro atoms. The smallest absolute Gasteiger partial charge is 0.136 e. The molecular formula is C15H17ClN4. The summed E-state index contributed by atoms with van der Waals surface area (Å²) in [5.41, 5.74) is 1.93. The highest BCUT2D eigenvalue weighted by Crippen LogP contribution is 2.26. The third-order valence-corrected chi connectivity index (χ3v) is 3.21. The molecule has 20 heavy (non-hydrogen) atoms. The second-order valence-corrected chi connectivity index (χ2v) is 4.80. The minimum absolute atomic E-state index is 0.659. The van der Waals surface area contributed by atoms with Crippen molar-refractivity contribution in [3.05, 3.63) is 53.3 Å². The summed E-state index contributed by atoms with van der Waals surface area (Å²) in [6, 6.07) is 7.60. The minimum Gasteiger partial charge on any atom is -0.366 e. The fourth-order valence-corrected chi connectivity index (χ4v) is 1.95. The highest BCUT2D eigenvalue weighted by atomic mass is 35.5. The van der Waals surface area contributed by atoms with E-state index in [1.165, 1.54) is 0 Å². The lowest BCUT2D eigenvalue weighted by atomic mass is 10.2. The Bertz CT molecular complexity index is 625. The maximum Gasteiger partial charge on any atom is 0.136 e. The summed E-state index contributed by atoms with van der Waals surface area (Å²) in [6.45, 7) is 8.16. The second kappa shape index (κ2) is 6.39. The van der Waals surface area contributed by atoms with E-state index >= 15 is 0 Å². The van der Waals surface area contributed by atoms with Gasteiger partial charge in [-0.05, 0) is 31.5 Å². The monoisotopic (exact) mass is 288 g/mol. The van der Waals surface area contributed by atoms with Gasteiger partial charge in [0, 0.05) is 23.3 Å². The summed E-state index contributed by atoms with van der Waals surface area (Å²) in [5, 5.41) is 7.15. The SMILES string of the molecule is C=CCNc1cc(Nc2cccc(Cl)c2C)nc(C)n1. The molecule has 2 N–H and O–H groups in total. The zero-order valence-corrected chi connectivity index (χ0v) is 12.3. The van der Waals surface area contributed by atoms with Crippen LogP contribution in [0.5, 0.6) is 0 Å². The van der Waals surface area contributed by atoms with Crippen molar-refractivity contribution in [3.63, 3.8) is 0 Å². The summed E-state index contributed by atoms with van der Waals surface area (Å²) in [6.07, 6.45) is 1.78. The van der Waals surface area contributed by atoms with Gasteiger partial charge in [0.25, 0.3) is 0 Å². The number of hydrogen-bond acceptors (Lipinski definition) is 4. The predicted molar refractivity (Wildman–Crippen MR) is 84.9 cm³/mol. The Morgan fingerprint density at radius 3 is 2.75 bits per heavy atom. The van der Waals surface area contributed by atoms with Crippen molar-refractivity contribution in [1.29, 1.82) is 0 Å². The minimum atomic E-state index is 0.659. The lowest BCUT2D eigenvalue weighted by molar-refractivity contribution is 1.05. The molecule has 2 rings (SSSR count). The largest absolute Gasteiger partial charge is 0.366 e. The standard InChI is InChI=1S/C15H17ClN4/c1-4-8-17-14-9-15(19-11(3)18-14)20-13-7-5-6-12(16)10(13)2/h4-7,9H,1,8H2,2-3H3,(H2,17,18,19,20). The number of aryl methyl sites for hydroxylation is 1. The molecule has 1 heterocycles. The van der Waals surface area contributed by atoms with Gasteiger partial charge in [0.15, 0.2) is 0 Å². The Labute approximate surface area is 123 Å². The van der Waals surface area contributed by atoms with E-state index in [0.717, 1.165) is 27.9 Å². The summed E-state index contributed by atoms with van der Waals surface area (Å²) >= 11 is 6.11. The summed E-state index contributed by atoms with van der Waals surface area (Å²) in [4.78, 5) is 8.69. The first-order valence-corrected chi connectivity index (χ1v) is 6.70. The summed E-state index contributed by atoms with van der Waals surface area (Å²) < 4.78 is 0. The number of rotatable bonds is 5. The van der Waals surface area contributed by atoms with E-state index in [-0.39, 0.29) is 0 Å². The molecule has 5 heteroatoms. The first kappa shape index (κ1) is 14.3. The van der Waals surface area contributed by atoms with Gasteiger partial charge in [0.1, 0.15) is 17.5 Å². The molecule has 0 aliphatic carbocycles. The molecule has 0 amide bonds. The van der Waals surface area contributed by atoms with Gasteiger partial charge in [-0.1, -0.05) is 23.7 Å². The van der Waals surface area contributed by atoms with Crippen LogP contribution in [0.2, 0.25) is 5.02 Å². The molecule has 0 aliphatic heterocycles. The van der Waals surface area contributed by atoms with Gasteiger partial charge in [-0.25, -0.2) is 9.97 Å². The molecule has 0 saturated heterocycles. The van der Waals surface area contributed by atoms with E-state index in [1.54, 1.807) is 6.08 Å². The van der Waals surface area contributed by atoms with Gasteiger partial charge >= 0.3 is 0 Å². The number of hydrogen-bond donors (Lipinski definition) is 2. The molecule has 2 aromatic rings. The fourth-order valence-electron chi connectivity index (χ4n) is 1.78. The Kier molecular flexibility index (Phi) is 4.58. The van der Waals surface area contributed by atoms with Crippen molar-refractivity contribution in [1.82, 2.24) is 9.97 Å². The Morgan fingerprint density at radius 2 is 2.00 bits per heavy atom. The number of nitrogens with zero attached hydrogens (tertiary/aromatic N) is 2. The van der Waals surface area contributed by atoms with Crippen molar-refractivity contribution in [2.75, 3.05) is 17.2 Å². The molecule has 0 fully saturated rings. The van der Waals surface area contributed by atoms with E-state index in [9.17, 15) is 0 Å². The molecule has 4 nitrogen and oxygen atoms in total. The molecule has 0 radical (unpaired) electrons. The first-order chi connectivity index (χ1) is 9.60. The average molecular weight is 289 g/mol. The summed E-state index contributed by atoms with van der Waals surface area (Å²) in [5.74, 6) is 2.19. The van der Waals surface area contributed by atoms with Gasteiger partial charge in [-0.2, -0.15) is 0 Å². The zero-order valence-electron chi connectivity index (χ0n) is 11.6. The van der Waals surface area contributed by atoms with Crippen LogP contribution < -0.4 is 10.6 Å². The third-order valence-electron chi connectivity index (χ3n) is 2.80. The Hall–Kier alpha value is -2.07. The highest BCUT2D eigenvalue weighted by Gasteiger charge is 2.05. The van der Waals surface area contributed by atoms with Gasteiger partial charge < -0.3 is 10.6 Å². The number of halogens is 1. The highest BCUT2D eigenvalue weighted by molar-refractivity contribution is 6.31.